The third kappa shape index (κ3) is 4.71. The summed E-state index contributed by atoms with van der Waals surface area (Å²) in [6.07, 6.45) is 8.37. The van der Waals surface area contributed by atoms with Gasteiger partial charge in [0.2, 0.25) is 0 Å². The number of hydrogen-bond acceptors (Lipinski definition) is 4. The topological polar surface area (TPSA) is 68.6 Å². The van der Waals surface area contributed by atoms with E-state index in [9.17, 15) is 4.39 Å². The fraction of sp³-hybridized carbons (Fsp3) is 0.208. The van der Waals surface area contributed by atoms with E-state index in [0.29, 0.717) is 12.2 Å². The molecule has 6 nitrogen and oxygen atoms in total. The predicted molar refractivity (Wildman–Crippen MR) is 118 cm³/mol. The van der Waals surface area contributed by atoms with Gasteiger partial charge in [-0.15, -0.1) is 0 Å². The smallest absolute Gasteiger partial charge is 0.154 e. The molecule has 4 rings (SSSR count). The number of aryl methyl sites for hydroxylation is 1. The van der Waals surface area contributed by atoms with Gasteiger partial charge < -0.3 is 9.30 Å². The Labute approximate surface area is 180 Å². The van der Waals surface area contributed by atoms with Crippen LogP contribution >= 0.6 is 0 Å². The van der Waals surface area contributed by atoms with Crippen LogP contribution in [0, 0.1) is 12.7 Å². The highest BCUT2D eigenvalue weighted by atomic mass is 19.1. The second kappa shape index (κ2) is 8.95. The Morgan fingerprint density at radius 1 is 1.19 bits per heavy atom. The standard InChI is InChI=1S/C24H24FN5O/c1-16-14-30(15-26-16)21-12-7-18(13-22(21)31-3)5-4-6-23-27-24(29-28-23)17(2)19-8-10-20(25)11-9-19/h4-5,7-15,17H,6H2,1-3H3,(H,27,28,29)/b5-4+. The van der Waals surface area contributed by atoms with Crippen LogP contribution in [-0.4, -0.2) is 31.8 Å². The number of rotatable bonds is 7. The highest BCUT2D eigenvalue weighted by Crippen LogP contribution is 2.25. The largest absolute Gasteiger partial charge is 0.495 e. The first-order valence-electron chi connectivity index (χ1n) is 10.1. The Kier molecular flexibility index (Phi) is 5.93. The van der Waals surface area contributed by atoms with Crippen LogP contribution in [0.2, 0.25) is 0 Å². The molecule has 2 heterocycles. The van der Waals surface area contributed by atoms with Crippen molar-refractivity contribution < 1.29 is 9.13 Å². The van der Waals surface area contributed by atoms with Crippen LogP contribution in [0.4, 0.5) is 4.39 Å². The molecule has 1 N–H and O–H groups in total. The second-order valence-electron chi connectivity index (χ2n) is 7.37. The molecule has 1 atom stereocenters. The lowest BCUT2D eigenvalue weighted by Gasteiger charge is -2.09. The molecule has 0 aliphatic heterocycles. The van der Waals surface area contributed by atoms with Gasteiger partial charge >= 0.3 is 0 Å². The second-order valence-corrected chi connectivity index (χ2v) is 7.37. The van der Waals surface area contributed by atoms with Gasteiger partial charge in [0.05, 0.1) is 24.8 Å². The quantitative estimate of drug-likeness (QED) is 0.467. The van der Waals surface area contributed by atoms with Crippen molar-refractivity contribution in [2.45, 2.75) is 26.2 Å². The highest BCUT2D eigenvalue weighted by molar-refractivity contribution is 5.58. The summed E-state index contributed by atoms with van der Waals surface area (Å²) >= 11 is 0. The molecule has 1 unspecified atom stereocenters. The lowest BCUT2D eigenvalue weighted by atomic mass is 10.0. The maximum Gasteiger partial charge on any atom is 0.154 e. The molecule has 0 aliphatic rings. The van der Waals surface area contributed by atoms with Gasteiger partial charge in [-0.2, -0.15) is 5.10 Å². The van der Waals surface area contributed by atoms with E-state index < -0.39 is 0 Å². The number of hydrogen-bond donors (Lipinski definition) is 1. The fourth-order valence-electron chi connectivity index (χ4n) is 3.37. The fourth-order valence-corrected chi connectivity index (χ4v) is 3.37. The van der Waals surface area contributed by atoms with Gasteiger partial charge in [-0.05, 0) is 42.3 Å². The first-order chi connectivity index (χ1) is 15.0. The Balaban J connectivity index is 1.43. The van der Waals surface area contributed by atoms with Gasteiger partial charge in [-0.3, -0.25) is 5.10 Å². The minimum atomic E-state index is -0.246. The average Bonchev–Trinajstić information content (AvgIpc) is 3.43. The van der Waals surface area contributed by atoms with E-state index >= 15 is 0 Å². The van der Waals surface area contributed by atoms with Crippen molar-refractivity contribution >= 4 is 6.08 Å². The van der Waals surface area contributed by atoms with Crippen LogP contribution < -0.4 is 4.74 Å². The molecule has 0 amide bonds. The molecule has 7 heteroatoms. The van der Waals surface area contributed by atoms with Crippen LogP contribution in [0.1, 0.15) is 41.3 Å². The summed E-state index contributed by atoms with van der Waals surface area (Å²) in [4.78, 5) is 8.85. The molecule has 0 radical (unpaired) electrons. The number of H-pyrrole nitrogens is 1. The van der Waals surface area contributed by atoms with Gasteiger partial charge in [-0.1, -0.05) is 37.3 Å². The first kappa shape index (κ1) is 20.5. The van der Waals surface area contributed by atoms with Crippen molar-refractivity contribution in [2.75, 3.05) is 7.11 Å². The molecular weight excluding hydrogens is 393 g/mol. The maximum atomic E-state index is 13.1. The minimum Gasteiger partial charge on any atom is -0.495 e. The summed E-state index contributed by atoms with van der Waals surface area (Å²) in [6, 6.07) is 12.5. The zero-order chi connectivity index (χ0) is 21.8. The molecular formula is C24H24FN5O. The Hall–Kier alpha value is -3.74. The Morgan fingerprint density at radius 2 is 2.00 bits per heavy atom. The summed E-state index contributed by atoms with van der Waals surface area (Å²) in [5.41, 5.74) is 3.90. The zero-order valence-electron chi connectivity index (χ0n) is 17.7. The van der Waals surface area contributed by atoms with Crippen LogP contribution in [0.3, 0.4) is 0 Å². The summed E-state index contributed by atoms with van der Waals surface area (Å²) in [6.45, 7) is 3.97. The number of nitrogens with zero attached hydrogens (tertiary/aromatic N) is 4. The molecule has 0 fully saturated rings. The third-order valence-corrected chi connectivity index (χ3v) is 5.13. The number of nitrogens with one attached hydrogen (secondary N) is 1. The van der Waals surface area contributed by atoms with E-state index in [4.69, 9.17) is 4.74 Å². The van der Waals surface area contributed by atoms with Crippen LogP contribution in [-0.2, 0) is 6.42 Å². The molecule has 158 valence electrons. The maximum absolute atomic E-state index is 13.1. The zero-order valence-corrected chi connectivity index (χ0v) is 17.7. The normalized spacial score (nSPS) is 12.4. The molecule has 0 saturated carbocycles. The van der Waals surface area contributed by atoms with Crippen LogP contribution in [0.25, 0.3) is 11.8 Å². The lowest BCUT2D eigenvalue weighted by Crippen LogP contribution is -1.99. The van der Waals surface area contributed by atoms with E-state index in [1.165, 1.54) is 12.1 Å². The van der Waals surface area contributed by atoms with Gasteiger partial charge in [-0.25, -0.2) is 14.4 Å². The molecule has 0 saturated heterocycles. The van der Waals surface area contributed by atoms with Crippen molar-refractivity contribution in [1.82, 2.24) is 24.7 Å². The summed E-state index contributed by atoms with van der Waals surface area (Å²) in [5.74, 6) is 2.00. The molecule has 31 heavy (non-hydrogen) atoms. The van der Waals surface area contributed by atoms with E-state index in [1.54, 1.807) is 25.6 Å². The number of methoxy groups -OCH3 is 1. The molecule has 4 aromatic rings. The Morgan fingerprint density at radius 3 is 2.71 bits per heavy atom. The van der Waals surface area contributed by atoms with Gasteiger partial charge in [0, 0.05) is 18.5 Å². The Bertz CT molecular complexity index is 1190. The monoisotopic (exact) mass is 417 g/mol. The SMILES string of the molecule is COc1cc(/C=C/Cc2n[nH]c(C(C)c3ccc(F)cc3)n2)ccc1-n1cnc(C)c1. The number of aromatic amines is 1. The average molecular weight is 417 g/mol. The molecule has 2 aromatic carbocycles. The molecule has 0 spiro atoms. The van der Waals surface area contributed by atoms with Crippen molar-refractivity contribution in [3.05, 3.63) is 95.4 Å². The molecule has 0 aliphatic carbocycles. The van der Waals surface area contributed by atoms with E-state index in [2.05, 4.69) is 20.2 Å². The van der Waals surface area contributed by atoms with Gasteiger partial charge in [0.1, 0.15) is 17.4 Å². The van der Waals surface area contributed by atoms with Crippen molar-refractivity contribution in [2.24, 2.45) is 0 Å². The first-order valence-corrected chi connectivity index (χ1v) is 10.1. The summed E-state index contributed by atoms with van der Waals surface area (Å²) < 4.78 is 20.6. The number of benzene rings is 2. The molecule has 2 aromatic heterocycles. The number of allylic oxidation sites excluding steroid dienone is 1. The van der Waals surface area contributed by atoms with Gasteiger partial charge in [0.15, 0.2) is 5.82 Å². The van der Waals surface area contributed by atoms with Crippen molar-refractivity contribution in [3.63, 3.8) is 0 Å². The summed E-state index contributed by atoms with van der Waals surface area (Å²) in [5, 5.41) is 7.30. The van der Waals surface area contributed by atoms with Gasteiger partial charge in [0.25, 0.3) is 0 Å². The van der Waals surface area contributed by atoms with E-state index in [0.717, 1.165) is 34.1 Å². The van der Waals surface area contributed by atoms with E-state index in [1.807, 2.05) is 55.0 Å². The van der Waals surface area contributed by atoms with Crippen LogP contribution in [0.15, 0.2) is 61.1 Å². The van der Waals surface area contributed by atoms with E-state index in [-0.39, 0.29) is 11.7 Å². The predicted octanol–water partition coefficient (Wildman–Crippen LogP) is 4.85. The van der Waals surface area contributed by atoms with Crippen LogP contribution in [0.5, 0.6) is 5.75 Å². The van der Waals surface area contributed by atoms with Crippen molar-refractivity contribution in [3.8, 4) is 11.4 Å². The molecule has 0 bridgehead atoms. The highest BCUT2D eigenvalue weighted by Gasteiger charge is 2.13. The minimum absolute atomic E-state index is 0.00875. The lowest BCUT2D eigenvalue weighted by molar-refractivity contribution is 0.413. The number of imidazole rings is 1. The van der Waals surface area contributed by atoms with Crippen molar-refractivity contribution in [1.29, 1.82) is 0 Å². The number of aromatic nitrogens is 5. The third-order valence-electron chi connectivity index (χ3n) is 5.13. The number of halogens is 1. The summed E-state index contributed by atoms with van der Waals surface area (Å²) in [7, 11) is 1.66. The number of ether oxygens (including phenoxy) is 1.